The molecule has 0 aromatic carbocycles. The SMILES string of the molecule is CCC.CO.OCC(O)CO.OCCO. The lowest BCUT2D eigenvalue weighted by Gasteiger charge is -1.96. The zero-order valence-corrected chi connectivity index (χ0v) is 9.80. The van der Waals surface area contributed by atoms with Gasteiger partial charge >= 0.3 is 0 Å². The number of hydrogen-bond donors (Lipinski definition) is 6. The van der Waals surface area contributed by atoms with Crippen molar-refractivity contribution >= 4 is 0 Å². The van der Waals surface area contributed by atoms with E-state index in [1.54, 1.807) is 0 Å². The first-order valence-corrected chi connectivity index (χ1v) is 4.70. The molecule has 0 saturated heterocycles. The van der Waals surface area contributed by atoms with Gasteiger partial charge in [0.05, 0.1) is 26.4 Å². The van der Waals surface area contributed by atoms with Crippen molar-refractivity contribution in [3.8, 4) is 0 Å². The van der Waals surface area contributed by atoms with E-state index in [0.717, 1.165) is 7.11 Å². The van der Waals surface area contributed by atoms with E-state index < -0.39 is 6.10 Å². The fourth-order valence-corrected chi connectivity index (χ4v) is 0.0577. The topological polar surface area (TPSA) is 121 Å². The minimum Gasteiger partial charge on any atom is -0.400 e. The van der Waals surface area contributed by atoms with Crippen molar-refractivity contribution in [3.63, 3.8) is 0 Å². The van der Waals surface area contributed by atoms with Gasteiger partial charge < -0.3 is 30.6 Å². The van der Waals surface area contributed by atoms with Gasteiger partial charge in [-0.2, -0.15) is 0 Å². The van der Waals surface area contributed by atoms with Crippen LogP contribution >= 0.6 is 0 Å². The molecule has 0 fully saturated rings. The van der Waals surface area contributed by atoms with E-state index in [2.05, 4.69) is 13.8 Å². The Labute approximate surface area is 91.4 Å². The van der Waals surface area contributed by atoms with Crippen LogP contribution in [0.2, 0.25) is 0 Å². The van der Waals surface area contributed by atoms with Crippen molar-refractivity contribution in [3.05, 3.63) is 0 Å². The quantitative estimate of drug-likeness (QED) is 0.345. The largest absolute Gasteiger partial charge is 0.400 e. The maximum Gasteiger partial charge on any atom is 0.100 e. The standard InChI is InChI=1S/C3H8O3.C3H8.C2H6O2.CH4O/c4-1-3(6)2-5;1-3-2;3-1-2-4;1-2/h3-6H,1-2H2;3H2,1-2H3;3-4H,1-2H2;2H,1H3. The van der Waals surface area contributed by atoms with Gasteiger partial charge in [-0.05, 0) is 0 Å². The van der Waals surface area contributed by atoms with Crippen LogP contribution in [-0.4, -0.2) is 70.3 Å². The molecule has 0 amide bonds. The van der Waals surface area contributed by atoms with E-state index in [-0.39, 0.29) is 26.4 Å². The average molecular weight is 230 g/mol. The lowest BCUT2D eigenvalue weighted by Crippen LogP contribution is -2.15. The van der Waals surface area contributed by atoms with E-state index in [4.69, 9.17) is 30.6 Å². The van der Waals surface area contributed by atoms with E-state index >= 15 is 0 Å². The smallest absolute Gasteiger partial charge is 0.100 e. The Kier molecular flexibility index (Phi) is 59.9. The van der Waals surface area contributed by atoms with Crippen LogP contribution in [0.1, 0.15) is 20.3 Å². The van der Waals surface area contributed by atoms with Gasteiger partial charge in [-0.15, -0.1) is 0 Å². The molecule has 0 aromatic heterocycles. The molecule has 0 aliphatic heterocycles. The summed E-state index contributed by atoms with van der Waals surface area (Å²) in [5.41, 5.74) is 0. The molecule has 0 unspecified atom stereocenters. The number of rotatable bonds is 3. The Balaban J connectivity index is -0.0000000590. The van der Waals surface area contributed by atoms with Crippen molar-refractivity contribution in [2.45, 2.75) is 26.4 Å². The predicted octanol–water partition coefficient (Wildman–Crippen LogP) is -1.67. The summed E-state index contributed by atoms with van der Waals surface area (Å²) < 4.78 is 0. The van der Waals surface area contributed by atoms with Gasteiger partial charge in [0.1, 0.15) is 6.10 Å². The van der Waals surface area contributed by atoms with E-state index in [0.29, 0.717) is 0 Å². The van der Waals surface area contributed by atoms with Crippen molar-refractivity contribution in [2.24, 2.45) is 0 Å². The molecule has 98 valence electrons. The zero-order valence-electron chi connectivity index (χ0n) is 9.80. The Morgan fingerprint density at radius 1 is 0.800 bits per heavy atom. The fraction of sp³-hybridized carbons (Fsp3) is 1.00. The monoisotopic (exact) mass is 230 g/mol. The second kappa shape index (κ2) is 37.2. The summed E-state index contributed by atoms with van der Waals surface area (Å²) in [6.07, 6.45) is 0.296. The third kappa shape index (κ3) is 84.0. The summed E-state index contributed by atoms with van der Waals surface area (Å²) in [5.74, 6) is 0. The molecule has 0 aliphatic rings. The minimum atomic E-state index is -0.954. The molecule has 0 aromatic rings. The van der Waals surface area contributed by atoms with Gasteiger partial charge in [-0.3, -0.25) is 0 Å². The first-order valence-electron chi connectivity index (χ1n) is 4.70. The summed E-state index contributed by atoms with van der Waals surface area (Å²) in [6.45, 7) is 3.27. The molecule has 15 heavy (non-hydrogen) atoms. The summed E-state index contributed by atoms with van der Waals surface area (Å²) in [5, 5.41) is 46.3. The molecular formula is C9H26O6. The molecule has 0 radical (unpaired) electrons. The molecule has 0 spiro atoms. The second-order valence-electron chi connectivity index (χ2n) is 2.17. The lowest BCUT2D eigenvalue weighted by atomic mass is 10.4. The normalized spacial score (nSPS) is 7.60. The Morgan fingerprint density at radius 3 is 1.00 bits per heavy atom. The van der Waals surface area contributed by atoms with E-state index in [9.17, 15) is 0 Å². The van der Waals surface area contributed by atoms with Crippen LogP contribution in [0.15, 0.2) is 0 Å². The van der Waals surface area contributed by atoms with Crippen molar-refractivity contribution < 1.29 is 30.6 Å². The molecule has 0 atom stereocenters. The second-order valence-corrected chi connectivity index (χ2v) is 2.17. The number of hydrogen-bond acceptors (Lipinski definition) is 6. The van der Waals surface area contributed by atoms with Crippen LogP contribution in [0, 0.1) is 0 Å². The van der Waals surface area contributed by atoms with Crippen LogP contribution in [0.25, 0.3) is 0 Å². The Morgan fingerprint density at radius 2 is 1.00 bits per heavy atom. The summed E-state index contributed by atoms with van der Waals surface area (Å²) >= 11 is 0. The predicted molar refractivity (Wildman–Crippen MR) is 58.5 cm³/mol. The van der Waals surface area contributed by atoms with Crippen LogP contribution in [0.5, 0.6) is 0 Å². The van der Waals surface area contributed by atoms with Gasteiger partial charge in [0.15, 0.2) is 0 Å². The molecule has 6 nitrogen and oxygen atoms in total. The van der Waals surface area contributed by atoms with E-state index in [1.807, 2.05) is 0 Å². The fourth-order valence-electron chi connectivity index (χ4n) is 0.0577. The van der Waals surface area contributed by atoms with Crippen molar-refractivity contribution in [1.82, 2.24) is 0 Å². The summed E-state index contributed by atoms with van der Waals surface area (Å²) in [4.78, 5) is 0. The molecule has 0 rings (SSSR count). The molecule has 0 aliphatic carbocycles. The van der Waals surface area contributed by atoms with E-state index in [1.165, 1.54) is 6.42 Å². The summed E-state index contributed by atoms with van der Waals surface area (Å²) in [7, 11) is 1.00. The third-order valence-electron chi connectivity index (χ3n) is 0.521. The van der Waals surface area contributed by atoms with Crippen LogP contribution < -0.4 is 0 Å². The highest BCUT2D eigenvalue weighted by atomic mass is 16.3. The molecule has 0 heterocycles. The van der Waals surface area contributed by atoms with Gasteiger partial charge in [0.2, 0.25) is 0 Å². The average Bonchev–Trinajstić information content (AvgIpc) is 2.32. The summed E-state index contributed by atoms with van der Waals surface area (Å²) in [6, 6.07) is 0. The maximum absolute atomic E-state index is 8.17. The molecule has 0 saturated carbocycles. The molecule has 6 heteroatoms. The van der Waals surface area contributed by atoms with Crippen LogP contribution in [0.3, 0.4) is 0 Å². The highest BCUT2D eigenvalue weighted by molar-refractivity contribution is 4.43. The highest BCUT2D eigenvalue weighted by Crippen LogP contribution is 1.71. The lowest BCUT2D eigenvalue weighted by molar-refractivity contribution is 0.0450. The first-order chi connectivity index (χ1) is 7.14. The number of aliphatic hydroxyl groups excluding tert-OH is 6. The third-order valence-corrected chi connectivity index (χ3v) is 0.521. The highest BCUT2D eigenvalue weighted by Gasteiger charge is 1.93. The molecule has 0 bridgehead atoms. The Bertz CT molecular complexity index is 56.6. The van der Waals surface area contributed by atoms with Gasteiger partial charge in [0.25, 0.3) is 0 Å². The van der Waals surface area contributed by atoms with Crippen LogP contribution in [0.4, 0.5) is 0 Å². The minimum absolute atomic E-state index is 0.125. The van der Waals surface area contributed by atoms with Gasteiger partial charge in [-0.1, -0.05) is 20.3 Å². The Hall–Kier alpha value is -0.240. The molecule has 6 N–H and O–H groups in total. The van der Waals surface area contributed by atoms with Gasteiger partial charge in [-0.25, -0.2) is 0 Å². The maximum atomic E-state index is 8.17. The number of aliphatic hydroxyl groups is 6. The first kappa shape index (κ1) is 24.1. The van der Waals surface area contributed by atoms with Crippen LogP contribution in [-0.2, 0) is 0 Å². The van der Waals surface area contributed by atoms with Gasteiger partial charge in [0, 0.05) is 7.11 Å². The van der Waals surface area contributed by atoms with Crippen molar-refractivity contribution in [1.29, 1.82) is 0 Å². The molecular weight excluding hydrogens is 204 g/mol. The zero-order chi connectivity index (χ0) is 13.1. The van der Waals surface area contributed by atoms with Crippen molar-refractivity contribution in [2.75, 3.05) is 33.5 Å².